The molecule has 2 aromatic rings. The molecule has 0 bridgehead atoms. The quantitative estimate of drug-likeness (QED) is 0.798. The fourth-order valence-corrected chi connectivity index (χ4v) is 3.75. The van der Waals surface area contributed by atoms with Crippen molar-refractivity contribution in [2.45, 2.75) is 78.5 Å². The normalized spacial score (nSPS) is 21.3. The van der Waals surface area contributed by atoms with E-state index >= 15 is 0 Å². The van der Waals surface area contributed by atoms with Crippen LogP contribution in [-0.4, -0.2) is 56.7 Å². The van der Waals surface area contributed by atoms with Gasteiger partial charge in [-0.3, -0.25) is 0 Å². The molecule has 3 rings (SSSR count). The molecule has 2 aromatic heterocycles. The van der Waals surface area contributed by atoms with E-state index in [2.05, 4.69) is 54.5 Å². The zero-order valence-electron chi connectivity index (χ0n) is 18.3. The lowest BCUT2D eigenvalue weighted by Crippen LogP contribution is -2.59. The smallest absolute Gasteiger partial charge is 0.410 e. The zero-order chi connectivity index (χ0) is 20.9. The van der Waals surface area contributed by atoms with Crippen LogP contribution in [0.4, 0.5) is 10.6 Å². The third kappa shape index (κ3) is 3.93. The topological polar surface area (TPSA) is 74.3 Å². The van der Waals surface area contributed by atoms with Crippen LogP contribution in [0.5, 0.6) is 0 Å². The molecular weight excluding hydrogens is 354 g/mol. The molecule has 0 aliphatic carbocycles. The van der Waals surface area contributed by atoms with Crippen molar-refractivity contribution >= 4 is 22.9 Å². The second-order valence-corrected chi connectivity index (χ2v) is 9.86. The van der Waals surface area contributed by atoms with Crippen LogP contribution < -0.4 is 4.90 Å². The molecule has 7 heteroatoms. The number of nitrogens with one attached hydrogen (secondary N) is 1. The molecule has 0 radical (unpaired) electrons. The molecule has 0 aromatic carbocycles. The van der Waals surface area contributed by atoms with E-state index in [1.54, 1.807) is 6.33 Å². The lowest BCUT2D eigenvalue weighted by atomic mass is 9.87. The minimum Gasteiger partial charge on any atom is -0.444 e. The summed E-state index contributed by atoms with van der Waals surface area (Å²) in [5.74, 6) is 0.930. The van der Waals surface area contributed by atoms with Crippen molar-refractivity contribution in [1.29, 1.82) is 0 Å². The van der Waals surface area contributed by atoms with Gasteiger partial charge < -0.3 is 19.5 Å². The molecule has 7 nitrogen and oxygen atoms in total. The zero-order valence-corrected chi connectivity index (χ0v) is 18.3. The highest BCUT2D eigenvalue weighted by Gasteiger charge is 2.36. The maximum atomic E-state index is 12.6. The van der Waals surface area contributed by atoms with Crippen molar-refractivity contribution in [1.82, 2.24) is 19.9 Å². The summed E-state index contributed by atoms with van der Waals surface area (Å²) in [6.45, 7) is 17.7. The van der Waals surface area contributed by atoms with Crippen molar-refractivity contribution < 1.29 is 9.53 Å². The molecule has 1 saturated heterocycles. The molecule has 1 N–H and O–H groups in total. The van der Waals surface area contributed by atoms with Crippen molar-refractivity contribution in [2.24, 2.45) is 0 Å². The second kappa shape index (κ2) is 6.94. The summed E-state index contributed by atoms with van der Waals surface area (Å²) < 4.78 is 5.60. The monoisotopic (exact) mass is 387 g/mol. The number of anilines is 1. The molecule has 2 atom stereocenters. The SMILES string of the molecule is CC1CN(C(=O)OC(C)(C)C)[C@@H](C)CN1c1ncnc2[nH]cc(C(C)(C)C)c12. The number of H-pyrrole nitrogens is 1. The molecule has 0 spiro atoms. The van der Waals surface area contributed by atoms with Crippen molar-refractivity contribution in [3.8, 4) is 0 Å². The molecular formula is C21H33N5O2. The molecule has 1 fully saturated rings. The highest BCUT2D eigenvalue weighted by atomic mass is 16.6. The predicted octanol–water partition coefficient (Wildman–Crippen LogP) is 4.09. The molecule has 1 unspecified atom stereocenters. The van der Waals surface area contributed by atoms with Gasteiger partial charge >= 0.3 is 6.09 Å². The first-order valence-electron chi connectivity index (χ1n) is 9.97. The number of carbonyl (C=O) groups excluding carboxylic acids is 1. The van der Waals surface area contributed by atoms with E-state index in [-0.39, 0.29) is 23.6 Å². The average molecular weight is 388 g/mol. The van der Waals surface area contributed by atoms with E-state index in [4.69, 9.17) is 4.74 Å². The Balaban J connectivity index is 1.92. The van der Waals surface area contributed by atoms with E-state index in [0.29, 0.717) is 13.1 Å². The molecule has 3 heterocycles. The van der Waals surface area contributed by atoms with E-state index in [1.807, 2.05) is 31.9 Å². The Morgan fingerprint density at radius 1 is 1.11 bits per heavy atom. The minimum absolute atomic E-state index is 0.0214. The van der Waals surface area contributed by atoms with Gasteiger partial charge in [0.05, 0.1) is 5.39 Å². The lowest BCUT2D eigenvalue weighted by molar-refractivity contribution is 0.0130. The van der Waals surface area contributed by atoms with Gasteiger partial charge in [0.25, 0.3) is 0 Å². The van der Waals surface area contributed by atoms with Crippen molar-refractivity contribution in [2.75, 3.05) is 18.0 Å². The lowest BCUT2D eigenvalue weighted by Gasteiger charge is -2.45. The van der Waals surface area contributed by atoms with Crippen LogP contribution in [0.1, 0.15) is 61.0 Å². The number of aromatic nitrogens is 3. The van der Waals surface area contributed by atoms with Crippen molar-refractivity contribution in [3.05, 3.63) is 18.1 Å². The molecule has 28 heavy (non-hydrogen) atoms. The van der Waals surface area contributed by atoms with Crippen LogP contribution in [0, 0.1) is 0 Å². The number of nitrogens with zero attached hydrogens (tertiary/aromatic N) is 4. The fourth-order valence-electron chi connectivity index (χ4n) is 3.75. The Morgan fingerprint density at radius 3 is 2.39 bits per heavy atom. The summed E-state index contributed by atoms with van der Waals surface area (Å²) in [5.41, 5.74) is 1.53. The first-order chi connectivity index (χ1) is 12.9. The third-order valence-corrected chi connectivity index (χ3v) is 5.14. The standard InChI is InChI=1S/C21H33N5O2/c1-13-11-26(19(27)28-21(6,7)8)14(2)10-25(13)18-16-15(20(3,4)5)9-22-17(16)23-12-24-18/h9,12-14H,10-11H2,1-8H3,(H,22,23,24)/t13?,14-/m0/s1. The molecule has 0 saturated carbocycles. The van der Waals surface area contributed by atoms with Crippen LogP contribution in [0.3, 0.4) is 0 Å². The van der Waals surface area contributed by atoms with Gasteiger partial charge in [-0.05, 0) is 45.6 Å². The van der Waals surface area contributed by atoms with Gasteiger partial charge in [-0.15, -0.1) is 0 Å². The van der Waals surface area contributed by atoms with E-state index in [1.165, 1.54) is 5.56 Å². The Kier molecular flexibility index (Phi) is 5.06. The van der Waals surface area contributed by atoms with E-state index < -0.39 is 5.60 Å². The number of hydrogen-bond donors (Lipinski definition) is 1. The number of aromatic amines is 1. The summed E-state index contributed by atoms with van der Waals surface area (Å²) >= 11 is 0. The third-order valence-electron chi connectivity index (χ3n) is 5.14. The number of piperazine rings is 1. The van der Waals surface area contributed by atoms with Gasteiger partial charge in [0, 0.05) is 31.4 Å². The first-order valence-corrected chi connectivity index (χ1v) is 9.97. The molecule has 1 aliphatic heterocycles. The van der Waals surface area contributed by atoms with Gasteiger partial charge in [-0.1, -0.05) is 20.8 Å². The van der Waals surface area contributed by atoms with Crippen LogP contribution >= 0.6 is 0 Å². The van der Waals surface area contributed by atoms with E-state index in [0.717, 1.165) is 16.9 Å². The van der Waals surface area contributed by atoms with Crippen LogP contribution in [0.25, 0.3) is 11.0 Å². The fraction of sp³-hybridized carbons (Fsp3) is 0.667. The van der Waals surface area contributed by atoms with Crippen LogP contribution in [0.15, 0.2) is 12.5 Å². The Labute approximate surface area is 167 Å². The Hall–Kier alpha value is -2.31. The first kappa shape index (κ1) is 20.4. The summed E-state index contributed by atoms with van der Waals surface area (Å²) in [4.78, 5) is 29.1. The van der Waals surface area contributed by atoms with Gasteiger partial charge in [-0.25, -0.2) is 14.8 Å². The molecule has 1 amide bonds. The van der Waals surface area contributed by atoms with Gasteiger partial charge in [0.15, 0.2) is 0 Å². The number of hydrogen-bond acceptors (Lipinski definition) is 5. The Bertz CT molecular complexity index is 862. The maximum Gasteiger partial charge on any atom is 0.410 e. The molecule has 1 aliphatic rings. The minimum atomic E-state index is -0.497. The van der Waals surface area contributed by atoms with Crippen molar-refractivity contribution in [3.63, 3.8) is 0 Å². The van der Waals surface area contributed by atoms with Gasteiger partial charge in [0.1, 0.15) is 23.4 Å². The number of carbonyl (C=O) groups is 1. The number of amides is 1. The predicted molar refractivity (Wildman–Crippen MR) is 112 cm³/mol. The number of rotatable bonds is 1. The van der Waals surface area contributed by atoms with E-state index in [9.17, 15) is 4.79 Å². The van der Waals surface area contributed by atoms with Gasteiger partial charge in [-0.2, -0.15) is 0 Å². The summed E-state index contributed by atoms with van der Waals surface area (Å²) in [6, 6.07) is 0.137. The summed E-state index contributed by atoms with van der Waals surface area (Å²) in [7, 11) is 0. The summed E-state index contributed by atoms with van der Waals surface area (Å²) in [6.07, 6.45) is 3.39. The summed E-state index contributed by atoms with van der Waals surface area (Å²) in [5, 5.41) is 1.07. The highest BCUT2D eigenvalue weighted by molar-refractivity contribution is 5.92. The molecule has 154 valence electrons. The average Bonchev–Trinajstić information content (AvgIpc) is 2.99. The van der Waals surface area contributed by atoms with Crippen LogP contribution in [-0.2, 0) is 10.2 Å². The largest absolute Gasteiger partial charge is 0.444 e. The Morgan fingerprint density at radius 2 is 1.79 bits per heavy atom. The van der Waals surface area contributed by atoms with Crippen LogP contribution in [0.2, 0.25) is 0 Å². The number of fused-ring (bicyclic) bond motifs is 1. The second-order valence-electron chi connectivity index (χ2n) is 9.86. The highest BCUT2D eigenvalue weighted by Crippen LogP contribution is 2.36. The number of ether oxygens (including phenoxy) is 1. The van der Waals surface area contributed by atoms with Gasteiger partial charge in [0.2, 0.25) is 0 Å². The maximum absolute atomic E-state index is 12.6.